The Kier molecular flexibility index (Phi) is 5.75. The molecule has 0 fully saturated rings. The molecule has 0 aliphatic heterocycles. The van der Waals surface area contributed by atoms with E-state index in [2.05, 4.69) is 27.8 Å². The highest BCUT2D eigenvalue weighted by atomic mass is 79.9. The van der Waals surface area contributed by atoms with E-state index in [0.29, 0.717) is 11.1 Å². The third-order valence-electron chi connectivity index (χ3n) is 3.08. The van der Waals surface area contributed by atoms with Crippen molar-refractivity contribution in [2.75, 3.05) is 13.2 Å². The molecule has 2 N–H and O–H groups in total. The van der Waals surface area contributed by atoms with Gasteiger partial charge in [0.25, 0.3) is 5.91 Å². The highest BCUT2D eigenvalue weighted by molar-refractivity contribution is 9.10. The Morgan fingerprint density at radius 3 is 2.83 bits per heavy atom. The molecule has 1 aromatic carbocycles. The average Bonchev–Trinajstić information content (AvgIpc) is 2.87. The fraction of sp³-hybridized carbons (Fsp3) is 0.188. The molecular formula is C16H15BrN2O5. The molecule has 8 heteroatoms. The first-order valence-corrected chi connectivity index (χ1v) is 7.76. The fourth-order valence-corrected chi connectivity index (χ4v) is 2.32. The number of imide groups is 1. The maximum absolute atomic E-state index is 12.1. The van der Waals surface area contributed by atoms with E-state index in [1.165, 1.54) is 6.08 Å². The van der Waals surface area contributed by atoms with Crippen molar-refractivity contribution in [3.63, 3.8) is 0 Å². The summed E-state index contributed by atoms with van der Waals surface area (Å²) in [4.78, 5) is 34.9. The number of carbonyl (C=O) groups is 3. The molecule has 126 valence electrons. The van der Waals surface area contributed by atoms with Crippen LogP contribution in [0.3, 0.4) is 0 Å². The van der Waals surface area contributed by atoms with E-state index in [-0.39, 0.29) is 12.3 Å². The normalized spacial score (nSPS) is 10.2. The van der Waals surface area contributed by atoms with Crippen molar-refractivity contribution in [1.29, 1.82) is 0 Å². The standard InChI is InChI=1S/C16H15BrN2O5/c1-3-6-18-16(22)19-13(20)8-23-15(21)14-9(2)11-7-10(17)4-5-12(11)24-14/h3-5,7H,1,6,8H2,2H3,(H2,18,19,20,22). The summed E-state index contributed by atoms with van der Waals surface area (Å²) in [5.41, 5.74) is 1.15. The first-order valence-electron chi connectivity index (χ1n) is 6.96. The summed E-state index contributed by atoms with van der Waals surface area (Å²) in [7, 11) is 0. The van der Waals surface area contributed by atoms with Crippen molar-refractivity contribution >= 4 is 44.8 Å². The molecule has 7 nitrogen and oxygen atoms in total. The summed E-state index contributed by atoms with van der Waals surface area (Å²) < 4.78 is 11.2. The predicted molar refractivity (Wildman–Crippen MR) is 90.7 cm³/mol. The Labute approximate surface area is 146 Å². The van der Waals surface area contributed by atoms with Crippen LogP contribution in [0.5, 0.6) is 0 Å². The summed E-state index contributed by atoms with van der Waals surface area (Å²) in [6.07, 6.45) is 1.47. The van der Waals surface area contributed by atoms with Gasteiger partial charge in [-0.1, -0.05) is 22.0 Å². The number of nitrogens with one attached hydrogen (secondary N) is 2. The second-order valence-electron chi connectivity index (χ2n) is 4.82. The molecule has 1 aromatic heterocycles. The maximum Gasteiger partial charge on any atom is 0.375 e. The van der Waals surface area contributed by atoms with Gasteiger partial charge in [-0.05, 0) is 25.1 Å². The molecule has 0 saturated heterocycles. The van der Waals surface area contributed by atoms with Crippen molar-refractivity contribution in [3.8, 4) is 0 Å². The van der Waals surface area contributed by atoms with Crippen molar-refractivity contribution in [2.45, 2.75) is 6.92 Å². The van der Waals surface area contributed by atoms with Gasteiger partial charge in [0.2, 0.25) is 5.76 Å². The van der Waals surface area contributed by atoms with Crippen LogP contribution in [0.1, 0.15) is 16.1 Å². The van der Waals surface area contributed by atoms with E-state index in [9.17, 15) is 14.4 Å². The molecular weight excluding hydrogens is 380 g/mol. The van der Waals surface area contributed by atoms with Crippen LogP contribution < -0.4 is 10.6 Å². The van der Waals surface area contributed by atoms with Gasteiger partial charge in [0, 0.05) is 22.0 Å². The van der Waals surface area contributed by atoms with Crippen LogP contribution in [0.25, 0.3) is 11.0 Å². The molecule has 0 aliphatic rings. The number of esters is 1. The monoisotopic (exact) mass is 394 g/mol. The predicted octanol–water partition coefficient (Wildman–Crippen LogP) is 2.67. The van der Waals surface area contributed by atoms with Gasteiger partial charge in [-0.25, -0.2) is 9.59 Å². The summed E-state index contributed by atoms with van der Waals surface area (Å²) in [6, 6.07) is 4.64. The van der Waals surface area contributed by atoms with E-state index in [1.54, 1.807) is 19.1 Å². The van der Waals surface area contributed by atoms with Crippen LogP contribution in [-0.4, -0.2) is 31.1 Å². The summed E-state index contributed by atoms with van der Waals surface area (Å²) in [5.74, 6) is -1.50. The number of furan rings is 1. The number of aryl methyl sites for hydroxylation is 1. The number of hydrogen-bond acceptors (Lipinski definition) is 5. The van der Waals surface area contributed by atoms with Crippen LogP contribution >= 0.6 is 15.9 Å². The molecule has 2 rings (SSSR count). The van der Waals surface area contributed by atoms with Crippen LogP contribution in [-0.2, 0) is 9.53 Å². The molecule has 0 unspecified atom stereocenters. The summed E-state index contributed by atoms with van der Waals surface area (Å²) >= 11 is 3.35. The number of halogens is 1. The van der Waals surface area contributed by atoms with Gasteiger partial charge in [0.1, 0.15) is 5.58 Å². The zero-order valence-electron chi connectivity index (χ0n) is 12.8. The van der Waals surface area contributed by atoms with Crippen molar-refractivity contribution < 1.29 is 23.5 Å². The molecule has 3 amide bonds. The van der Waals surface area contributed by atoms with Crippen molar-refractivity contribution in [3.05, 3.63) is 46.7 Å². The van der Waals surface area contributed by atoms with E-state index in [0.717, 1.165) is 9.86 Å². The Hall–Kier alpha value is -2.61. The highest BCUT2D eigenvalue weighted by Gasteiger charge is 2.20. The smallest absolute Gasteiger partial charge is 0.375 e. The summed E-state index contributed by atoms with van der Waals surface area (Å²) in [5, 5.41) is 5.15. The molecule has 2 aromatic rings. The lowest BCUT2D eigenvalue weighted by Crippen LogP contribution is -2.41. The number of rotatable bonds is 5. The van der Waals surface area contributed by atoms with E-state index in [1.807, 2.05) is 11.4 Å². The van der Waals surface area contributed by atoms with Gasteiger partial charge < -0.3 is 14.5 Å². The van der Waals surface area contributed by atoms with Crippen molar-refractivity contribution in [2.24, 2.45) is 0 Å². The number of fused-ring (bicyclic) bond motifs is 1. The fourth-order valence-electron chi connectivity index (χ4n) is 1.96. The number of ether oxygens (including phenoxy) is 1. The molecule has 0 spiro atoms. The second kappa shape index (κ2) is 7.78. The first kappa shape index (κ1) is 17.7. The minimum Gasteiger partial charge on any atom is -0.450 e. The molecule has 0 atom stereocenters. The average molecular weight is 395 g/mol. The quantitative estimate of drug-likeness (QED) is 0.599. The Balaban J connectivity index is 1.98. The van der Waals surface area contributed by atoms with Gasteiger partial charge in [-0.15, -0.1) is 6.58 Å². The Morgan fingerprint density at radius 2 is 2.12 bits per heavy atom. The Morgan fingerprint density at radius 1 is 1.38 bits per heavy atom. The Bertz CT molecular complexity index is 812. The highest BCUT2D eigenvalue weighted by Crippen LogP contribution is 2.28. The molecule has 0 radical (unpaired) electrons. The SMILES string of the molecule is C=CCNC(=O)NC(=O)COC(=O)c1oc2ccc(Br)cc2c1C. The lowest BCUT2D eigenvalue weighted by atomic mass is 10.1. The molecule has 0 saturated carbocycles. The first-order chi connectivity index (χ1) is 11.4. The van der Waals surface area contributed by atoms with Gasteiger partial charge in [-0.2, -0.15) is 0 Å². The number of amides is 3. The van der Waals surface area contributed by atoms with Crippen LogP contribution in [0.15, 0.2) is 39.7 Å². The third kappa shape index (κ3) is 4.23. The number of carbonyl (C=O) groups excluding carboxylic acids is 3. The lowest BCUT2D eigenvalue weighted by Gasteiger charge is -2.05. The molecule has 24 heavy (non-hydrogen) atoms. The van der Waals surface area contributed by atoms with E-state index in [4.69, 9.17) is 9.15 Å². The maximum atomic E-state index is 12.1. The third-order valence-corrected chi connectivity index (χ3v) is 3.57. The largest absolute Gasteiger partial charge is 0.450 e. The zero-order valence-corrected chi connectivity index (χ0v) is 14.4. The minimum absolute atomic E-state index is 0.0204. The van der Waals surface area contributed by atoms with Crippen LogP contribution in [0.4, 0.5) is 4.79 Å². The minimum atomic E-state index is -0.776. The number of benzene rings is 1. The van der Waals surface area contributed by atoms with E-state index < -0.39 is 24.5 Å². The van der Waals surface area contributed by atoms with Gasteiger partial charge in [0.15, 0.2) is 6.61 Å². The zero-order chi connectivity index (χ0) is 17.7. The second-order valence-corrected chi connectivity index (χ2v) is 5.74. The number of hydrogen-bond donors (Lipinski definition) is 2. The van der Waals surface area contributed by atoms with Gasteiger partial charge in [0.05, 0.1) is 0 Å². The van der Waals surface area contributed by atoms with Crippen molar-refractivity contribution in [1.82, 2.24) is 10.6 Å². The number of urea groups is 1. The van der Waals surface area contributed by atoms with Gasteiger partial charge in [-0.3, -0.25) is 10.1 Å². The summed E-state index contributed by atoms with van der Waals surface area (Å²) in [6.45, 7) is 4.76. The lowest BCUT2D eigenvalue weighted by molar-refractivity contribution is -0.123. The molecule has 0 bridgehead atoms. The topological polar surface area (TPSA) is 97.6 Å². The van der Waals surface area contributed by atoms with Crippen LogP contribution in [0, 0.1) is 6.92 Å². The van der Waals surface area contributed by atoms with Crippen LogP contribution in [0.2, 0.25) is 0 Å². The van der Waals surface area contributed by atoms with E-state index >= 15 is 0 Å². The molecule has 1 heterocycles. The molecule has 0 aliphatic carbocycles. The van der Waals surface area contributed by atoms with Gasteiger partial charge >= 0.3 is 12.0 Å².